The van der Waals surface area contributed by atoms with Crippen molar-refractivity contribution in [1.82, 2.24) is 4.72 Å². The van der Waals surface area contributed by atoms with Crippen LogP contribution in [0.2, 0.25) is 0 Å². The molecule has 1 amide bonds. The van der Waals surface area contributed by atoms with E-state index in [9.17, 15) is 13.2 Å². The minimum Gasteiger partial charge on any atom is -0.378 e. The molecular formula is C17H18N4O3S. The van der Waals surface area contributed by atoms with Crippen LogP contribution in [-0.2, 0) is 14.8 Å². The summed E-state index contributed by atoms with van der Waals surface area (Å²) in [5, 5.41) is 2.73. The first-order valence-electron chi connectivity index (χ1n) is 7.61. The van der Waals surface area contributed by atoms with Crippen LogP contribution in [-0.4, -0.2) is 40.8 Å². The summed E-state index contributed by atoms with van der Waals surface area (Å²) in [4.78, 5) is 18.3. The largest absolute Gasteiger partial charge is 0.378 e. The van der Waals surface area contributed by atoms with Gasteiger partial charge in [0.1, 0.15) is 12.4 Å². The van der Waals surface area contributed by atoms with E-state index < -0.39 is 10.0 Å². The average Bonchev–Trinajstić information content (AvgIpc) is 2.85. The van der Waals surface area contributed by atoms with Crippen LogP contribution >= 0.6 is 0 Å². The molecule has 0 spiro atoms. The van der Waals surface area contributed by atoms with Crippen LogP contribution in [0, 0.1) is 0 Å². The van der Waals surface area contributed by atoms with Gasteiger partial charge in [0, 0.05) is 31.0 Å². The predicted molar refractivity (Wildman–Crippen MR) is 97.6 cm³/mol. The second-order valence-electron chi connectivity index (χ2n) is 5.76. The molecule has 1 aliphatic heterocycles. The fraction of sp³-hybridized carbons (Fsp3) is 0.176. The molecule has 0 saturated heterocycles. The SMILES string of the molecule is CN(C)c1ccc(NC(=O)CN=C2NS(=O)(=O)c3ccccc32)cc1. The topological polar surface area (TPSA) is 90.9 Å². The number of amides is 1. The lowest BCUT2D eigenvalue weighted by atomic mass is 10.2. The maximum absolute atomic E-state index is 12.1. The number of carbonyl (C=O) groups is 1. The Morgan fingerprint density at radius 3 is 2.48 bits per heavy atom. The lowest BCUT2D eigenvalue weighted by Gasteiger charge is -2.12. The van der Waals surface area contributed by atoms with Crippen LogP contribution in [0.15, 0.2) is 58.4 Å². The Bertz CT molecular complexity index is 935. The molecule has 0 aromatic heterocycles. The first kappa shape index (κ1) is 17.0. The molecule has 1 heterocycles. The predicted octanol–water partition coefficient (Wildman–Crippen LogP) is 1.43. The second-order valence-corrected chi connectivity index (χ2v) is 7.41. The van der Waals surface area contributed by atoms with Crippen LogP contribution in [0.3, 0.4) is 0 Å². The van der Waals surface area contributed by atoms with Crippen molar-refractivity contribution in [3.8, 4) is 0 Å². The van der Waals surface area contributed by atoms with Crippen LogP contribution < -0.4 is 14.9 Å². The van der Waals surface area contributed by atoms with E-state index in [4.69, 9.17) is 0 Å². The van der Waals surface area contributed by atoms with Gasteiger partial charge in [0.15, 0.2) is 0 Å². The zero-order valence-corrected chi connectivity index (χ0v) is 14.7. The normalized spacial score (nSPS) is 16.2. The summed E-state index contributed by atoms with van der Waals surface area (Å²) in [6.45, 7) is -0.179. The molecule has 130 valence electrons. The van der Waals surface area contributed by atoms with E-state index in [-0.39, 0.29) is 23.2 Å². The van der Waals surface area contributed by atoms with E-state index in [1.165, 1.54) is 6.07 Å². The van der Waals surface area contributed by atoms with E-state index in [2.05, 4.69) is 15.0 Å². The van der Waals surface area contributed by atoms with Gasteiger partial charge in [-0.15, -0.1) is 0 Å². The van der Waals surface area contributed by atoms with E-state index in [1.807, 2.05) is 31.1 Å². The summed E-state index contributed by atoms with van der Waals surface area (Å²) in [5.41, 5.74) is 2.16. The van der Waals surface area contributed by atoms with Gasteiger partial charge < -0.3 is 10.2 Å². The number of amidine groups is 1. The van der Waals surface area contributed by atoms with Crippen molar-refractivity contribution in [2.45, 2.75) is 4.90 Å². The minimum atomic E-state index is -3.59. The van der Waals surface area contributed by atoms with E-state index in [1.54, 1.807) is 30.3 Å². The van der Waals surface area contributed by atoms with Crippen molar-refractivity contribution < 1.29 is 13.2 Å². The molecule has 0 radical (unpaired) electrons. The summed E-state index contributed by atoms with van der Waals surface area (Å²) in [6, 6.07) is 13.9. The highest BCUT2D eigenvalue weighted by atomic mass is 32.2. The maximum Gasteiger partial charge on any atom is 0.263 e. The van der Waals surface area contributed by atoms with Gasteiger partial charge in [-0.3, -0.25) is 14.5 Å². The van der Waals surface area contributed by atoms with Crippen LogP contribution in [0.5, 0.6) is 0 Å². The van der Waals surface area contributed by atoms with E-state index in [0.717, 1.165) is 5.69 Å². The van der Waals surface area contributed by atoms with Gasteiger partial charge in [-0.1, -0.05) is 12.1 Å². The molecule has 8 heteroatoms. The van der Waals surface area contributed by atoms with Gasteiger partial charge in [0.2, 0.25) is 5.91 Å². The van der Waals surface area contributed by atoms with Crippen molar-refractivity contribution in [2.24, 2.45) is 4.99 Å². The number of benzene rings is 2. The molecule has 25 heavy (non-hydrogen) atoms. The van der Waals surface area contributed by atoms with Gasteiger partial charge in [0.05, 0.1) is 4.90 Å². The minimum absolute atomic E-state index is 0.174. The molecule has 7 nitrogen and oxygen atoms in total. The number of aliphatic imine (C=N–C) groups is 1. The number of carbonyl (C=O) groups excluding carboxylic acids is 1. The number of rotatable bonds is 4. The van der Waals surface area contributed by atoms with Gasteiger partial charge in [-0.05, 0) is 36.4 Å². The fourth-order valence-electron chi connectivity index (χ4n) is 2.45. The van der Waals surface area contributed by atoms with Crippen molar-refractivity contribution >= 4 is 33.1 Å². The molecule has 0 fully saturated rings. The summed E-state index contributed by atoms with van der Waals surface area (Å²) in [6.07, 6.45) is 0. The van der Waals surface area contributed by atoms with Gasteiger partial charge in [-0.2, -0.15) is 0 Å². The third kappa shape index (κ3) is 3.63. The Morgan fingerprint density at radius 1 is 1.12 bits per heavy atom. The monoisotopic (exact) mass is 358 g/mol. The summed E-state index contributed by atoms with van der Waals surface area (Å²) >= 11 is 0. The Balaban J connectivity index is 1.69. The molecule has 2 N–H and O–H groups in total. The number of hydrogen-bond donors (Lipinski definition) is 2. The van der Waals surface area contributed by atoms with Crippen LogP contribution in [0.25, 0.3) is 0 Å². The maximum atomic E-state index is 12.1. The Kier molecular flexibility index (Phi) is 4.45. The third-order valence-corrected chi connectivity index (χ3v) is 5.11. The van der Waals surface area contributed by atoms with Gasteiger partial charge in [-0.25, -0.2) is 8.42 Å². The number of fused-ring (bicyclic) bond motifs is 1. The van der Waals surface area contributed by atoms with Gasteiger partial charge in [0.25, 0.3) is 10.0 Å². The molecule has 1 aliphatic rings. The summed E-state index contributed by atoms with van der Waals surface area (Å²) in [7, 11) is 0.278. The number of nitrogens with zero attached hydrogens (tertiary/aromatic N) is 2. The van der Waals surface area contributed by atoms with Crippen molar-refractivity contribution in [3.63, 3.8) is 0 Å². The highest BCUT2D eigenvalue weighted by Crippen LogP contribution is 2.22. The van der Waals surface area contributed by atoms with Crippen molar-refractivity contribution in [1.29, 1.82) is 0 Å². The lowest BCUT2D eigenvalue weighted by Crippen LogP contribution is -2.24. The fourth-order valence-corrected chi connectivity index (χ4v) is 3.70. The Morgan fingerprint density at radius 2 is 1.80 bits per heavy atom. The quantitative estimate of drug-likeness (QED) is 0.865. The standard InChI is InChI=1S/C17H18N4O3S/c1-21(2)13-9-7-12(8-10-13)19-16(22)11-18-17-14-5-3-4-6-15(14)25(23,24)20-17/h3-10H,11H2,1-2H3,(H,18,20)(H,19,22). The molecule has 2 aromatic carbocycles. The molecule has 0 unspecified atom stereocenters. The number of anilines is 2. The lowest BCUT2D eigenvalue weighted by molar-refractivity contribution is -0.114. The highest BCUT2D eigenvalue weighted by molar-refractivity contribution is 7.90. The highest BCUT2D eigenvalue weighted by Gasteiger charge is 2.30. The molecule has 0 aliphatic carbocycles. The molecule has 0 atom stereocenters. The number of nitrogens with one attached hydrogen (secondary N) is 2. The van der Waals surface area contributed by atoms with Crippen molar-refractivity contribution in [2.75, 3.05) is 30.9 Å². The molecule has 3 rings (SSSR count). The molecule has 0 saturated carbocycles. The molecular weight excluding hydrogens is 340 g/mol. The first-order chi connectivity index (χ1) is 11.9. The number of hydrogen-bond acceptors (Lipinski definition) is 5. The molecule has 0 bridgehead atoms. The number of sulfonamides is 1. The Labute approximate surface area is 146 Å². The van der Waals surface area contributed by atoms with Crippen LogP contribution in [0.4, 0.5) is 11.4 Å². The third-order valence-electron chi connectivity index (χ3n) is 3.71. The van der Waals surface area contributed by atoms with E-state index >= 15 is 0 Å². The molecule has 2 aromatic rings. The zero-order chi connectivity index (χ0) is 18.0. The van der Waals surface area contributed by atoms with E-state index in [0.29, 0.717) is 11.3 Å². The van der Waals surface area contributed by atoms with Gasteiger partial charge >= 0.3 is 0 Å². The average molecular weight is 358 g/mol. The second kappa shape index (κ2) is 6.56. The van der Waals surface area contributed by atoms with Crippen LogP contribution in [0.1, 0.15) is 5.56 Å². The summed E-state index contributed by atoms with van der Waals surface area (Å²) in [5.74, 6) is -0.137. The zero-order valence-electron chi connectivity index (χ0n) is 13.9. The summed E-state index contributed by atoms with van der Waals surface area (Å²) < 4.78 is 26.4. The smallest absolute Gasteiger partial charge is 0.263 e. The Hall–Kier alpha value is -2.87. The van der Waals surface area contributed by atoms with Crippen molar-refractivity contribution in [3.05, 3.63) is 54.1 Å². The first-order valence-corrected chi connectivity index (χ1v) is 9.09.